The summed E-state index contributed by atoms with van der Waals surface area (Å²) in [5.74, 6) is 1.52. The van der Waals surface area contributed by atoms with E-state index in [9.17, 15) is 0 Å². The van der Waals surface area contributed by atoms with Crippen LogP contribution >= 0.6 is 0 Å². The zero-order chi connectivity index (χ0) is 18.4. The van der Waals surface area contributed by atoms with E-state index in [1.807, 2.05) is 24.4 Å². The van der Waals surface area contributed by atoms with Gasteiger partial charge in [0.05, 0.1) is 18.3 Å². The van der Waals surface area contributed by atoms with E-state index in [2.05, 4.69) is 55.9 Å². The maximum absolute atomic E-state index is 5.46. The molecule has 2 unspecified atom stereocenters. The van der Waals surface area contributed by atoms with Crippen LogP contribution in [0.5, 0.6) is 5.75 Å². The van der Waals surface area contributed by atoms with Crippen molar-refractivity contribution in [2.24, 2.45) is 5.92 Å². The van der Waals surface area contributed by atoms with E-state index < -0.39 is 0 Å². The minimum Gasteiger partial charge on any atom is -0.497 e. The van der Waals surface area contributed by atoms with Crippen molar-refractivity contribution in [2.45, 2.75) is 53.1 Å². The molecule has 0 aliphatic heterocycles. The van der Waals surface area contributed by atoms with E-state index in [1.54, 1.807) is 7.11 Å². The molecule has 0 bridgehead atoms. The van der Waals surface area contributed by atoms with E-state index in [0.717, 1.165) is 35.4 Å². The van der Waals surface area contributed by atoms with Crippen LogP contribution in [0.2, 0.25) is 0 Å². The van der Waals surface area contributed by atoms with Gasteiger partial charge in [-0.2, -0.15) is 0 Å². The lowest BCUT2D eigenvalue weighted by atomic mass is 10.1. The van der Waals surface area contributed by atoms with Gasteiger partial charge in [0, 0.05) is 42.8 Å². The first-order valence-corrected chi connectivity index (χ1v) is 9.37. The van der Waals surface area contributed by atoms with Crippen molar-refractivity contribution < 1.29 is 4.74 Å². The van der Waals surface area contributed by atoms with Gasteiger partial charge in [0.15, 0.2) is 0 Å². The highest BCUT2D eigenvalue weighted by molar-refractivity contribution is 5.91. The first kappa shape index (κ1) is 19.5. The quantitative estimate of drug-likeness (QED) is 0.709. The van der Waals surface area contributed by atoms with Gasteiger partial charge in [-0.15, -0.1) is 0 Å². The first-order valence-electron chi connectivity index (χ1n) is 9.37. The highest BCUT2D eigenvalue weighted by Gasteiger charge is 2.17. The fraction of sp³-hybridized carbons (Fsp3) is 0.571. The van der Waals surface area contributed by atoms with Gasteiger partial charge in [-0.3, -0.25) is 9.88 Å². The van der Waals surface area contributed by atoms with Crippen LogP contribution in [0.15, 0.2) is 30.5 Å². The van der Waals surface area contributed by atoms with Crippen LogP contribution in [0, 0.1) is 5.92 Å². The second kappa shape index (κ2) is 9.04. The van der Waals surface area contributed by atoms with Gasteiger partial charge in [-0.1, -0.05) is 26.8 Å². The van der Waals surface area contributed by atoms with Crippen LogP contribution in [0.3, 0.4) is 0 Å². The number of fused-ring (bicyclic) bond motifs is 1. The molecule has 4 heteroatoms. The molecule has 4 nitrogen and oxygen atoms in total. The topological polar surface area (TPSA) is 37.4 Å². The van der Waals surface area contributed by atoms with Crippen molar-refractivity contribution in [1.82, 2.24) is 9.88 Å². The van der Waals surface area contributed by atoms with Crippen LogP contribution in [0.25, 0.3) is 10.9 Å². The predicted octanol–water partition coefficient (Wildman–Crippen LogP) is 4.80. The van der Waals surface area contributed by atoms with E-state index in [4.69, 9.17) is 4.74 Å². The molecule has 0 aliphatic rings. The molecule has 2 aromatic rings. The van der Waals surface area contributed by atoms with Crippen molar-refractivity contribution in [3.63, 3.8) is 0 Å². The molecule has 1 aromatic carbocycles. The van der Waals surface area contributed by atoms with Crippen LogP contribution in [-0.2, 0) is 0 Å². The van der Waals surface area contributed by atoms with E-state index >= 15 is 0 Å². The van der Waals surface area contributed by atoms with Crippen LogP contribution < -0.4 is 10.1 Å². The summed E-state index contributed by atoms with van der Waals surface area (Å²) in [5.41, 5.74) is 2.03. The number of rotatable bonds is 9. The molecular weight excluding hydrogens is 310 g/mol. The summed E-state index contributed by atoms with van der Waals surface area (Å²) in [5, 5.41) is 4.75. The lowest BCUT2D eigenvalue weighted by Crippen LogP contribution is -2.42. The van der Waals surface area contributed by atoms with Crippen LogP contribution in [-0.4, -0.2) is 42.2 Å². The second-order valence-corrected chi connectivity index (χ2v) is 7.40. The average Bonchev–Trinajstić information content (AvgIpc) is 2.59. The number of anilines is 1. The number of aromatic nitrogens is 1. The summed E-state index contributed by atoms with van der Waals surface area (Å²) in [4.78, 5) is 7.14. The Hall–Kier alpha value is -1.81. The largest absolute Gasteiger partial charge is 0.497 e. The molecule has 0 spiro atoms. The molecule has 0 saturated carbocycles. The summed E-state index contributed by atoms with van der Waals surface area (Å²) >= 11 is 0. The molecule has 1 aromatic heterocycles. The maximum Gasteiger partial charge on any atom is 0.121 e. The monoisotopic (exact) mass is 343 g/mol. The predicted molar refractivity (Wildman–Crippen MR) is 108 cm³/mol. The maximum atomic E-state index is 5.46. The Morgan fingerprint density at radius 2 is 1.92 bits per heavy atom. The fourth-order valence-corrected chi connectivity index (χ4v) is 3.22. The standard InChI is InChI=1S/C21H33N3O/c1-7-17(5)24(13-15(2)3)14-16(4)23-20-12-19(25-6)11-18-9-8-10-22-21(18)20/h8-12,15-17,23H,7,13-14H2,1-6H3. The second-order valence-electron chi connectivity index (χ2n) is 7.40. The Kier molecular flexibility index (Phi) is 7.06. The zero-order valence-electron chi connectivity index (χ0n) is 16.5. The minimum absolute atomic E-state index is 0.324. The SMILES string of the molecule is CCC(C)N(CC(C)C)CC(C)Nc1cc(OC)cc2cccnc12. The zero-order valence-corrected chi connectivity index (χ0v) is 16.5. The summed E-state index contributed by atoms with van der Waals surface area (Å²) in [6.45, 7) is 13.5. The van der Waals surface area contributed by atoms with Gasteiger partial charge in [0.1, 0.15) is 5.75 Å². The van der Waals surface area contributed by atoms with Gasteiger partial charge in [-0.05, 0) is 38.3 Å². The summed E-state index contributed by atoms with van der Waals surface area (Å²) in [7, 11) is 1.71. The number of nitrogens with zero attached hydrogens (tertiary/aromatic N) is 2. The highest BCUT2D eigenvalue weighted by atomic mass is 16.5. The Bertz CT molecular complexity index is 671. The van der Waals surface area contributed by atoms with Crippen molar-refractivity contribution in [3.05, 3.63) is 30.5 Å². The lowest BCUT2D eigenvalue weighted by Gasteiger charge is -2.33. The van der Waals surface area contributed by atoms with Gasteiger partial charge in [0.2, 0.25) is 0 Å². The van der Waals surface area contributed by atoms with E-state index in [-0.39, 0.29) is 0 Å². The summed E-state index contributed by atoms with van der Waals surface area (Å²) in [6, 6.07) is 9.02. The van der Waals surface area contributed by atoms with Crippen LogP contribution in [0.1, 0.15) is 41.0 Å². The molecule has 0 fully saturated rings. The number of hydrogen-bond acceptors (Lipinski definition) is 4. The fourth-order valence-electron chi connectivity index (χ4n) is 3.22. The number of ether oxygens (including phenoxy) is 1. The molecule has 1 heterocycles. The van der Waals surface area contributed by atoms with Gasteiger partial charge >= 0.3 is 0 Å². The number of pyridine rings is 1. The molecule has 25 heavy (non-hydrogen) atoms. The van der Waals surface area contributed by atoms with Crippen molar-refractivity contribution in [2.75, 3.05) is 25.5 Å². The third kappa shape index (κ3) is 5.33. The van der Waals surface area contributed by atoms with Gasteiger partial charge < -0.3 is 10.1 Å². The molecule has 0 amide bonds. The molecule has 0 radical (unpaired) electrons. The summed E-state index contributed by atoms with van der Waals surface area (Å²) < 4.78 is 5.46. The molecule has 1 N–H and O–H groups in total. The normalized spacial score (nSPS) is 14.1. The Morgan fingerprint density at radius 3 is 2.56 bits per heavy atom. The number of methoxy groups -OCH3 is 1. The molecule has 138 valence electrons. The van der Waals surface area contributed by atoms with Crippen molar-refractivity contribution >= 4 is 16.6 Å². The average molecular weight is 344 g/mol. The number of nitrogens with one attached hydrogen (secondary N) is 1. The van der Waals surface area contributed by atoms with E-state index in [0.29, 0.717) is 18.0 Å². The third-order valence-electron chi connectivity index (χ3n) is 4.64. The molecule has 0 saturated heterocycles. The third-order valence-corrected chi connectivity index (χ3v) is 4.64. The van der Waals surface area contributed by atoms with Crippen molar-refractivity contribution in [3.8, 4) is 5.75 Å². The molecule has 2 rings (SSSR count). The Morgan fingerprint density at radius 1 is 1.16 bits per heavy atom. The Balaban J connectivity index is 2.18. The highest BCUT2D eigenvalue weighted by Crippen LogP contribution is 2.28. The molecule has 2 atom stereocenters. The lowest BCUT2D eigenvalue weighted by molar-refractivity contribution is 0.177. The number of benzene rings is 1. The number of hydrogen-bond donors (Lipinski definition) is 1. The van der Waals surface area contributed by atoms with E-state index in [1.165, 1.54) is 6.42 Å². The smallest absolute Gasteiger partial charge is 0.121 e. The Labute approximate surface area is 152 Å². The minimum atomic E-state index is 0.324. The van der Waals surface area contributed by atoms with Crippen LogP contribution in [0.4, 0.5) is 5.69 Å². The first-order chi connectivity index (χ1) is 11.9. The van der Waals surface area contributed by atoms with Crippen molar-refractivity contribution in [1.29, 1.82) is 0 Å². The van der Waals surface area contributed by atoms with Gasteiger partial charge in [0.25, 0.3) is 0 Å². The molecular formula is C21H33N3O. The summed E-state index contributed by atoms with van der Waals surface area (Å²) in [6.07, 6.45) is 3.01. The molecule has 0 aliphatic carbocycles. The van der Waals surface area contributed by atoms with Gasteiger partial charge in [-0.25, -0.2) is 0 Å².